The van der Waals surface area contributed by atoms with Gasteiger partial charge in [-0.3, -0.25) is 5.43 Å². The molecule has 0 saturated heterocycles. The van der Waals surface area contributed by atoms with Gasteiger partial charge in [-0.1, -0.05) is 39.7 Å². The first kappa shape index (κ1) is 20.2. The molecule has 3 heterocycles. The molecule has 0 saturated carbocycles. The van der Waals surface area contributed by atoms with Crippen LogP contribution in [-0.2, 0) is 0 Å². The highest BCUT2D eigenvalue weighted by Crippen LogP contribution is 2.26. The van der Waals surface area contributed by atoms with Gasteiger partial charge in [0.15, 0.2) is 11.6 Å². The maximum atomic E-state index is 6.05. The van der Waals surface area contributed by atoms with Crippen LogP contribution in [0.1, 0.15) is 5.76 Å². The molecule has 0 bridgehead atoms. The fourth-order valence-electron chi connectivity index (χ4n) is 2.85. The molecule has 158 valence electrons. The summed E-state index contributed by atoms with van der Waals surface area (Å²) in [6.07, 6.45) is 1.53. The Kier molecular flexibility index (Phi) is 5.53. The number of benzene rings is 2. The van der Waals surface area contributed by atoms with Gasteiger partial charge in [-0.15, -0.1) is 0 Å². The van der Waals surface area contributed by atoms with Crippen LogP contribution in [0.4, 0.5) is 17.3 Å². The third-order valence-electron chi connectivity index (χ3n) is 4.32. The SMILES string of the molecule is Clc1cccc(-c2ccc(/C=N/Nc3nc4nonc4nc3Nc3ccc(Br)cc3)o2)c1. The van der Waals surface area contributed by atoms with Crippen LogP contribution in [0.2, 0.25) is 5.02 Å². The highest BCUT2D eigenvalue weighted by Gasteiger charge is 2.13. The standard InChI is InChI=1S/C21H13BrClN7O2/c22-13-4-6-15(7-5-13)25-18-19(27-21-20(26-18)29-32-30-21)28-24-11-16-8-9-17(31-16)12-2-1-3-14(23)10-12/h1-11H,(H,25,26,29)(H,27,28,30)/b24-11+. The monoisotopic (exact) mass is 509 g/mol. The van der Waals surface area contributed by atoms with Crippen molar-refractivity contribution in [1.29, 1.82) is 0 Å². The van der Waals surface area contributed by atoms with Crippen LogP contribution < -0.4 is 10.7 Å². The molecule has 5 aromatic rings. The first-order valence-corrected chi connectivity index (χ1v) is 10.5. The number of rotatable bonds is 6. The number of hydrogen-bond donors (Lipinski definition) is 2. The Morgan fingerprint density at radius 2 is 1.72 bits per heavy atom. The van der Waals surface area contributed by atoms with Gasteiger partial charge in [0, 0.05) is 20.7 Å². The van der Waals surface area contributed by atoms with E-state index >= 15 is 0 Å². The van der Waals surface area contributed by atoms with E-state index in [0.717, 1.165) is 15.7 Å². The smallest absolute Gasteiger partial charge is 0.245 e. The molecule has 0 amide bonds. The summed E-state index contributed by atoms with van der Waals surface area (Å²) in [4.78, 5) is 8.78. The van der Waals surface area contributed by atoms with Crippen molar-refractivity contribution in [2.24, 2.45) is 5.10 Å². The normalized spacial score (nSPS) is 11.3. The number of nitrogens with zero attached hydrogens (tertiary/aromatic N) is 5. The predicted molar refractivity (Wildman–Crippen MR) is 125 cm³/mol. The summed E-state index contributed by atoms with van der Waals surface area (Å²) < 4.78 is 11.5. The van der Waals surface area contributed by atoms with Gasteiger partial charge >= 0.3 is 0 Å². The average molecular weight is 511 g/mol. The fourth-order valence-corrected chi connectivity index (χ4v) is 3.30. The van der Waals surface area contributed by atoms with E-state index in [4.69, 9.17) is 20.6 Å². The molecule has 0 aliphatic heterocycles. The summed E-state index contributed by atoms with van der Waals surface area (Å²) in [7, 11) is 0. The number of hydrogen-bond acceptors (Lipinski definition) is 9. The minimum absolute atomic E-state index is 0.255. The van der Waals surface area contributed by atoms with Crippen molar-refractivity contribution in [2.75, 3.05) is 10.7 Å². The van der Waals surface area contributed by atoms with Gasteiger partial charge in [-0.25, -0.2) is 9.61 Å². The van der Waals surface area contributed by atoms with E-state index in [0.29, 0.717) is 28.2 Å². The first-order chi connectivity index (χ1) is 15.6. The Bertz CT molecular complexity index is 1420. The Morgan fingerprint density at radius 3 is 2.50 bits per heavy atom. The summed E-state index contributed by atoms with van der Waals surface area (Å²) in [6, 6.07) is 18.7. The third-order valence-corrected chi connectivity index (χ3v) is 5.08. The van der Waals surface area contributed by atoms with Gasteiger partial charge in [0.1, 0.15) is 11.5 Å². The van der Waals surface area contributed by atoms with E-state index in [9.17, 15) is 0 Å². The van der Waals surface area contributed by atoms with Crippen molar-refractivity contribution in [3.8, 4) is 11.3 Å². The number of hydrazone groups is 1. The molecule has 0 fully saturated rings. The average Bonchev–Trinajstić information content (AvgIpc) is 3.45. The van der Waals surface area contributed by atoms with Gasteiger partial charge < -0.3 is 9.73 Å². The lowest BCUT2D eigenvalue weighted by atomic mass is 10.2. The molecule has 2 N–H and O–H groups in total. The molecular weight excluding hydrogens is 498 g/mol. The molecule has 0 aliphatic carbocycles. The van der Waals surface area contributed by atoms with Crippen molar-refractivity contribution >= 4 is 62.4 Å². The van der Waals surface area contributed by atoms with Crippen LogP contribution in [0.25, 0.3) is 22.6 Å². The van der Waals surface area contributed by atoms with E-state index in [1.165, 1.54) is 6.21 Å². The molecule has 3 aromatic heterocycles. The number of nitrogens with one attached hydrogen (secondary N) is 2. The summed E-state index contributed by atoms with van der Waals surface area (Å²) in [5.74, 6) is 1.98. The number of anilines is 3. The van der Waals surface area contributed by atoms with Crippen molar-refractivity contribution in [2.45, 2.75) is 0 Å². The molecule has 5 rings (SSSR count). The van der Waals surface area contributed by atoms with Crippen LogP contribution in [0, 0.1) is 0 Å². The molecule has 0 spiro atoms. The van der Waals surface area contributed by atoms with Gasteiger partial charge in [0.25, 0.3) is 0 Å². The minimum Gasteiger partial charge on any atom is -0.455 e. The summed E-state index contributed by atoms with van der Waals surface area (Å²) in [5.41, 5.74) is 5.08. The molecule has 9 nitrogen and oxygen atoms in total. The summed E-state index contributed by atoms with van der Waals surface area (Å²) in [6.45, 7) is 0. The Hall–Kier alpha value is -3.76. The lowest BCUT2D eigenvalue weighted by Crippen LogP contribution is -2.03. The van der Waals surface area contributed by atoms with Crippen LogP contribution in [0.5, 0.6) is 0 Å². The third kappa shape index (κ3) is 4.46. The van der Waals surface area contributed by atoms with Crippen molar-refractivity contribution < 1.29 is 9.05 Å². The van der Waals surface area contributed by atoms with Gasteiger partial charge in [-0.2, -0.15) is 10.1 Å². The molecular formula is C21H13BrClN7O2. The predicted octanol–water partition coefficient (Wildman–Crippen LogP) is 5.88. The van der Waals surface area contributed by atoms with Crippen LogP contribution in [-0.4, -0.2) is 26.5 Å². The molecule has 0 radical (unpaired) electrons. The molecule has 0 unspecified atom stereocenters. The van der Waals surface area contributed by atoms with E-state index in [1.54, 1.807) is 6.07 Å². The topological polar surface area (TPSA) is 114 Å². The highest BCUT2D eigenvalue weighted by molar-refractivity contribution is 9.10. The first-order valence-electron chi connectivity index (χ1n) is 9.32. The second-order valence-electron chi connectivity index (χ2n) is 6.55. The fraction of sp³-hybridized carbons (Fsp3) is 0. The van der Waals surface area contributed by atoms with Crippen LogP contribution in [0.3, 0.4) is 0 Å². The second kappa shape index (κ2) is 8.77. The molecule has 0 atom stereocenters. The zero-order valence-corrected chi connectivity index (χ0v) is 18.5. The maximum absolute atomic E-state index is 6.05. The second-order valence-corrected chi connectivity index (χ2v) is 7.90. The van der Waals surface area contributed by atoms with Crippen molar-refractivity contribution in [3.63, 3.8) is 0 Å². The lowest BCUT2D eigenvalue weighted by Gasteiger charge is -2.09. The highest BCUT2D eigenvalue weighted by atomic mass is 79.9. The zero-order valence-electron chi connectivity index (χ0n) is 16.2. The zero-order chi connectivity index (χ0) is 21.9. The van der Waals surface area contributed by atoms with E-state index in [2.05, 4.69) is 52.1 Å². The Morgan fingerprint density at radius 1 is 0.938 bits per heavy atom. The number of aromatic nitrogens is 4. The van der Waals surface area contributed by atoms with Crippen LogP contribution >= 0.6 is 27.5 Å². The number of furan rings is 1. The Balaban J connectivity index is 1.37. The summed E-state index contributed by atoms with van der Waals surface area (Å²) in [5, 5.41) is 15.5. The van der Waals surface area contributed by atoms with Crippen molar-refractivity contribution in [1.82, 2.24) is 20.3 Å². The number of halogens is 2. The van der Waals surface area contributed by atoms with E-state index < -0.39 is 0 Å². The lowest BCUT2D eigenvalue weighted by molar-refractivity contribution is 0.314. The van der Waals surface area contributed by atoms with E-state index in [-0.39, 0.29) is 11.3 Å². The largest absolute Gasteiger partial charge is 0.455 e. The van der Waals surface area contributed by atoms with E-state index in [1.807, 2.05) is 54.6 Å². The molecule has 11 heteroatoms. The quantitative estimate of drug-likeness (QED) is 0.215. The summed E-state index contributed by atoms with van der Waals surface area (Å²) >= 11 is 9.47. The molecule has 2 aromatic carbocycles. The van der Waals surface area contributed by atoms with Crippen LogP contribution in [0.15, 0.2) is 79.3 Å². The Labute approximate surface area is 194 Å². The number of fused-ring (bicyclic) bond motifs is 1. The van der Waals surface area contributed by atoms with Gasteiger partial charge in [0.2, 0.25) is 11.3 Å². The van der Waals surface area contributed by atoms with Gasteiger partial charge in [-0.05, 0) is 58.8 Å². The van der Waals surface area contributed by atoms with Crippen molar-refractivity contribution in [3.05, 3.63) is 75.9 Å². The minimum atomic E-state index is 0.255. The maximum Gasteiger partial charge on any atom is 0.245 e. The molecule has 0 aliphatic rings. The van der Waals surface area contributed by atoms with Gasteiger partial charge in [0.05, 0.1) is 6.21 Å². The molecule has 32 heavy (non-hydrogen) atoms.